The van der Waals surface area contributed by atoms with E-state index < -0.39 is 0 Å². The Kier molecular flexibility index (Phi) is 5.52. The molecule has 3 nitrogen and oxygen atoms in total. The summed E-state index contributed by atoms with van der Waals surface area (Å²) in [5.74, 6) is 0.576. The molecule has 1 aliphatic rings. The van der Waals surface area contributed by atoms with E-state index in [4.69, 9.17) is 0 Å². The summed E-state index contributed by atoms with van der Waals surface area (Å²) in [6.45, 7) is 1.68. The van der Waals surface area contributed by atoms with Crippen LogP contribution in [0.5, 0.6) is 0 Å². The van der Waals surface area contributed by atoms with Gasteiger partial charge in [0, 0.05) is 32.2 Å². The minimum Gasteiger partial charge on any atom is -0.375 e. The van der Waals surface area contributed by atoms with Crippen LogP contribution in [-0.4, -0.2) is 26.0 Å². The van der Waals surface area contributed by atoms with E-state index in [2.05, 4.69) is 53.7 Å². The maximum Gasteiger partial charge on any atom is 0.220 e. The summed E-state index contributed by atoms with van der Waals surface area (Å²) in [4.78, 5) is 14.4. The van der Waals surface area contributed by atoms with E-state index >= 15 is 0 Å². The zero-order chi connectivity index (χ0) is 16.8. The van der Waals surface area contributed by atoms with E-state index in [1.165, 1.54) is 16.8 Å². The van der Waals surface area contributed by atoms with Crippen molar-refractivity contribution in [2.24, 2.45) is 0 Å². The van der Waals surface area contributed by atoms with Crippen molar-refractivity contribution < 1.29 is 4.79 Å². The molecule has 1 atom stereocenters. The first-order chi connectivity index (χ1) is 11.7. The lowest BCUT2D eigenvalue weighted by molar-refractivity contribution is -0.121. The zero-order valence-electron chi connectivity index (χ0n) is 14.4. The minimum absolute atomic E-state index is 0.180. The first kappa shape index (κ1) is 16.6. The lowest BCUT2D eigenvalue weighted by Gasteiger charge is -2.19. The molecule has 0 spiro atoms. The molecule has 0 saturated heterocycles. The molecule has 0 bridgehead atoms. The Balaban J connectivity index is 1.38. The van der Waals surface area contributed by atoms with Crippen molar-refractivity contribution in [1.82, 2.24) is 5.32 Å². The number of hydrogen-bond donors (Lipinski definition) is 1. The molecule has 0 aliphatic heterocycles. The topological polar surface area (TPSA) is 32.3 Å². The highest BCUT2D eigenvalue weighted by Crippen LogP contribution is 2.34. The molecule has 0 heterocycles. The van der Waals surface area contributed by atoms with Crippen LogP contribution in [0.25, 0.3) is 0 Å². The van der Waals surface area contributed by atoms with Crippen molar-refractivity contribution >= 4 is 11.6 Å². The minimum atomic E-state index is 0.180. The third kappa shape index (κ3) is 4.16. The quantitative estimate of drug-likeness (QED) is 0.788. The van der Waals surface area contributed by atoms with Crippen LogP contribution in [0.4, 0.5) is 5.69 Å². The Morgan fingerprint density at radius 1 is 1.12 bits per heavy atom. The highest BCUT2D eigenvalue weighted by atomic mass is 16.1. The van der Waals surface area contributed by atoms with Crippen molar-refractivity contribution in [3.63, 3.8) is 0 Å². The highest BCUT2D eigenvalue weighted by molar-refractivity contribution is 5.77. The molecule has 3 rings (SSSR count). The van der Waals surface area contributed by atoms with Crippen LogP contribution in [0.15, 0.2) is 54.6 Å². The molecule has 2 aromatic carbocycles. The Morgan fingerprint density at radius 2 is 1.88 bits per heavy atom. The second-order valence-corrected chi connectivity index (χ2v) is 6.60. The fourth-order valence-electron chi connectivity index (χ4n) is 3.51. The summed E-state index contributed by atoms with van der Waals surface area (Å²) < 4.78 is 0. The number of carbonyl (C=O) groups is 1. The lowest BCUT2D eigenvalue weighted by Crippen LogP contribution is -2.28. The van der Waals surface area contributed by atoms with Crippen LogP contribution in [0.1, 0.15) is 36.3 Å². The molecule has 126 valence electrons. The van der Waals surface area contributed by atoms with Gasteiger partial charge in [0.25, 0.3) is 0 Å². The largest absolute Gasteiger partial charge is 0.375 e. The Morgan fingerprint density at radius 3 is 2.71 bits per heavy atom. The van der Waals surface area contributed by atoms with Gasteiger partial charge in [0.1, 0.15) is 0 Å². The Hall–Kier alpha value is -2.29. The van der Waals surface area contributed by atoms with Crippen molar-refractivity contribution in [3.05, 3.63) is 65.7 Å². The number of aryl methyl sites for hydroxylation is 1. The van der Waals surface area contributed by atoms with E-state index in [-0.39, 0.29) is 5.91 Å². The molecule has 0 radical (unpaired) electrons. The summed E-state index contributed by atoms with van der Waals surface area (Å²) in [6.07, 6.45) is 3.78. The van der Waals surface area contributed by atoms with E-state index in [1.54, 1.807) is 0 Å². The Labute approximate surface area is 144 Å². The average molecular weight is 322 g/mol. The molecule has 0 aromatic heterocycles. The van der Waals surface area contributed by atoms with E-state index in [1.807, 2.05) is 18.2 Å². The summed E-state index contributed by atoms with van der Waals surface area (Å²) in [7, 11) is 2.09. The smallest absolute Gasteiger partial charge is 0.220 e. The number of nitrogens with zero attached hydrogens (tertiary/aromatic N) is 1. The highest BCUT2D eigenvalue weighted by Gasteiger charge is 2.23. The van der Waals surface area contributed by atoms with Crippen molar-refractivity contribution in [2.45, 2.75) is 31.6 Å². The average Bonchev–Trinajstić information content (AvgIpc) is 3.02. The summed E-state index contributed by atoms with van der Waals surface area (Å²) in [5.41, 5.74) is 4.00. The van der Waals surface area contributed by atoms with Gasteiger partial charge in [-0.05, 0) is 48.4 Å². The van der Waals surface area contributed by atoms with Crippen LogP contribution < -0.4 is 10.2 Å². The molecule has 0 saturated carbocycles. The van der Waals surface area contributed by atoms with Gasteiger partial charge in [0.2, 0.25) is 5.91 Å². The van der Waals surface area contributed by atoms with Gasteiger partial charge in [-0.2, -0.15) is 0 Å². The molecular formula is C21H26N2O. The molecule has 2 aromatic rings. The van der Waals surface area contributed by atoms with Gasteiger partial charge in [-0.1, -0.05) is 42.5 Å². The number of amides is 1. The SMILES string of the molecule is CN(CCCNC(=O)CC1CCc2ccccc21)c1ccccc1. The standard InChI is InChI=1S/C21H26N2O/c1-23(19-9-3-2-4-10-19)15-7-14-22-21(24)16-18-13-12-17-8-5-6-11-20(17)18/h2-6,8-11,18H,7,12-16H2,1H3,(H,22,24). The first-order valence-electron chi connectivity index (χ1n) is 8.85. The van der Waals surface area contributed by atoms with Gasteiger partial charge in [0.15, 0.2) is 0 Å². The van der Waals surface area contributed by atoms with Gasteiger partial charge in [-0.15, -0.1) is 0 Å². The number of fused-ring (bicyclic) bond motifs is 1. The van der Waals surface area contributed by atoms with Crippen molar-refractivity contribution in [1.29, 1.82) is 0 Å². The predicted octanol–water partition coefficient (Wildman–Crippen LogP) is 3.75. The maximum absolute atomic E-state index is 12.2. The summed E-state index contributed by atoms with van der Waals surface area (Å²) >= 11 is 0. The number of para-hydroxylation sites is 1. The number of benzene rings is 2. The maximum atomic E-state index is 12.2. The van der Waals surface area contributed by atoms with E-state index in [0.29, 0.717) is 12.3 Å². The fraction of sp³-hybridized carbons (Fsp3) is 0.381. The third-order valence-corrected chi connectivity index (χ3v) is 4.88. The first-order valence-corrected chi connectivity index (χ1v) is 8.85. The molecule has 1 unspecified atom stereocenters. The third-order valence-electron chi connectivity index (χ3n) is 4.88. The number of rotatable bonds is 7. The van der Waals surface area contributed by atoms with Gasteiger partial charge in [-0.3, -0.25) is 4.79 Å². The zero-order valence-corrected chi connectivity index (χ0v) is 14.4. The Bertz CT molecular complexity index is 669. The van der Waals surface area contributed by atoms with Crippen LogP contribution in [0.2, 0.25) is 0 Å². The second kappa shape index (κ2) is 8.00. The van der Waals surface area contributed by atoms with Crippen LogP contribution in [0, 0.1) is 0 Å². The van der Waals surface area contributed by atoms with Crippen molar-refractivity contribution in [3.8, 4) is 0 Å². The van der Waals surface area contributed by atoms with Gasteiger partial charge in [0.05, 0.1) is 0 Å². The normalized spacial score (nSPS) is 15.8. The molecule has 1 N–H and O–H groups in total. The molecule has 0 fully saturated rings. The number of anilines is 1. The lowest BCUT2D eigenvalue weighted by atomic mass is 9.97. The van der Waals surface area contributed by atoms with E-state index in [0.717, 1.165) is 32.4 Å². The second-order valence-electron chi connectivity index (χ2n) is 6.60. The molecule has 3 heteroatoms. The monoisotopic (exact) mass is 322 g/mol. The fourth-order valence-corrected chi connectivity index (χ4v) is 3.51. The van der Waals surface area contributed by atoms with Gasteiger partial charge in [-0.25, -0.2) is 0 Å². The molecule has 1 amide bonds. The summed E-state index contributed by atoms with van der Waals surface area (Å²) in [6, 6.07) is 18.9. The number of carbonyl (C=O) groups excluding carboxylic acids is 1. The van der Waals surface area contributed by atoms with Crippen LogP contribution in [0.3, 0.4) is 0 Å². The molecule has 1 aliphatic carbocycles. The molecular weight excluding hydrogens is 296 g/mol. The summed E-state index contributed by atoms with van der Waals surface area (Å²) in [5, 5.41) is 3.08. The number of nitrogens with one attached hydrogen (secondary N) is 1. The van der Waals surface area contributed by atoms with Gasteiger partial charge >= 0.3 is 0 Å². The van der Waals surface area contributed by atoms with Gasteiger partial charge < -0.3 is 10.2 Å². The van der Waals surface area contributed by atoms with Crippen LogP contribution in [-0.2, 0) is 11.2 Å². The van der Waals surface area contributed by atoms with Crippen molar-refractivity contribution in [2.75, 3.05) is 25.0 Å². The predicted molar refractivity (Wildman–Crippen MR) is 99.5 cm³/mol. The van der Waals surface area contributed by atoms with Crippen LogP contribution >= 0.6 is 0 Å². The number of hydrogen-bond acceptors (Lipinski definition) is 2. The van der Waals surface area contributed by atoms with E-state index in [9.17, 15) is 4.79 Å². The molecule has 24 heavy (non-hydrogen) atoms.